The van der Waals surface area contributed by atoms with Gasteiger partial charge in [0.15, 0.2) is 0 Å². The molecule has 0 heterocycles. The Morgan fingerprint density at radius 1 is 1.32 bits per heavy atom. The number of benzene rings is 2. The molecule has 0 unspecified atom stereocenters. The van der Waals surface area contributed by atoms with Gasteiger partial charge < -0.3 is 10.4 Å². The minimum atomic E-state index is -0.662. The highest BCUT2D eigenvalue weighted by Crippen LogP contribution is 2.31. The fraction of sp³-hybridized carbons (Fsp3) is 0.133. The Labute approximate surface area is 135 Å². The number of carbonyl (C=O) groups is 1. The number of phenols is 1. The molecular weight excluding hydrogens is 352 g/mol. The molecule has 0 spiro atoms. The largest absolute Gasteiger partial charge is 0.507 e. The van der Waals surface area contributed by atoms with Crippen molar-refractivity contribution >= 4 is 27.5 Å². The molecule has 0 aliphatic rings. The van der Waals surface area contributed by atoms with Gasteiger partial charge >= 0.3 is 0 Å². The van der Waals surface area contributed by atoms with E-state index >= 15 is 0 Å². The molecule has 7 heteroatoms. The summed E-state index contributed by atoms with van der Waals surface area (Å²) in [4.78, 5) is 22.5. The molecule has 0 aliphatic heterocycles. The number of nitro groups is 1. The molecule has 2 rings (SSSR count). The summed E-state index contributed by atoms with van der Waals surface area (Å²) < 4.78 is 0.161. The Morgan fingerprint density at radius 2 is 1.95 bits per heavy atom. The Morgan fingerprint density at radius 3 is 2.55 bits per heavy atom. The van der Waals surface area contributed by atoms with Crippen LogP contribution in [-0.4, -0.2) is 15.9 Å². The third-order valence-corrected chi connectivity index (χ3v) is 3.72. The molecule has 0 saturated carbocycles. The van der Waals surface area contributed by atoms with Gasteiger partial charge in [-0.05, 0) is 28.4 Å². The predicted octanol–water partition coefficient (Wildman–Crippen LogP) is 3.30. The first-order valence-electron chi connectivity index (χ1n) is 6.39. The van der Waals surface area contributed by atoms with Gasteiger partial charge in [0.05, 0.1) is 9.40 Å². The van der Waals surface area contributed by atoms with Gasteiger partial charge in [0, 0.05) is 18.7 Å². The highest BCUT2D eigenvalue weighted by molar-refractivity contribution is 9.10. The topological polar surface area (TPSA) is 92.5 Å². The Hall–Kier alpha value is -2.41. The second kappa shape index (κ2) is 6.57. The zero-order valence-electron chi connectivity index (χ0n) is 11.7. The lowest BCUT2D eigenvalue weighted by Crippen LogP contribution is -2.23. The maximum Gasteiger partial charge on any atom is 0.283 e. The lowest BCUT2D eigenvalue weighted by atomic mass is 10.1. The first-order valence-corrected chi connectivity index (χ1v) is 7.18. The number of phenolic OH excluding ortho intramolecular Hbond substituents is 1. The molecule has 0 saturated heterocycles. The van der Waals surface area contributed by atoms with Crippen molar-refractivity contribution in [2.45, 2.75) is 13.5 Å². The summed E-state index contributed by atoms with van der Waals surface area (Å²) >= 11 is 2.99. The maximum atomic E-state index is 12.1. The van der Waals surface area contributed by atoms with Gasteiger partial charge in [0.1, 0.15) is 11.3 Å². The van der Waals surface area contributed by atoms with Crippen LogP contribution in [-0.2, 0) is 6.54 Å². The van der Waals surface area contributed by atoms with Crippen LogP contribution in [0.5, 0.6) is 5.75 Å². The number of amides is 1. The molecule has 0 bridgehead atoms. The standard InChI is InChI=1S/C15H13BrN2O4/c1-9-2-4-10(5-3-9)8-17-15(20)11-6-14(19)12(16)7-13(11)18(21)22/h2-7,19H,8H2,1H3,(H,17,20). The number of rotatable bonds is 4. The zero-order valence-corrected chi connectivity index (χ0v) is 13.3. The van der Waals surface area contributed by atoms with Crippen LogP contribution in [0.15, 0.2) is 40.9 Å². The Kier molecular flexibility index (Phi) is 4.77. The summed E-state index contributed by atoms with van der Waals surface area (Å²) in [5.41, 5.74) is 1.43. The second-order valence-electron chi connectivity index (χ2n) is 4.75. The van der Waals surface area contributed by atoms with E-state index in [0.717, 1.165) is 23.3 Å². The number of nitrogens with one attached hydrogen (secondary N) is 1. The van der Waals surface area contributed by atoms with Crippen LogP contribution < -0.4 is 5.32 Å². The summed E-state index contributed by atoms with van der Waals surface area (Å²) in [6, 6.07) is 9.74. The van der Waals surface area contributed by atoms with Crippen LogP contribution >= 0.6 is 15.9 Å². The zero-order chi connectivity index (χ0) is 16.3. The predicted molar refractivity (Wildman–Crippen MR) is 84.8 cm³/mol. The number of carbonyl (C=O) groups excluding carboxylic acids is 1. The molecule has 0 radical (unpaired) electrons. The van der Waals surface area contributed by atoms with E-state index in [1.807, 2.05) is 31.2 Å². The minimum Gasteiger partial charge on any atom is -0.507 e. The average Bonchev–Trinajstić information content (AvgIpc) is 2.48. The lowest BCUT2D eigenvalue weighted by Gasteiger charge is -2.07. The highest BCUT2D eigenvalue weighted by Gasteiger charge is 2.22. The third-order valence-electron chi connectivity index (χ3n) is 3.08. The van der Waals surface area contributed by atoms with Crippen molar-refractivity contribution in [1.29, 1.82) is 0 Å². The molecule has 0 atom stereocenters. The summed E-state index contributed by atoms with van der Waals surface area (Å²) in [6.07, 6.45) is 0. The van der Waals surface area contributed by atoms with Crippen molar-refractivity contribution < 1.29 is 14.8 Å². The van der Waals surface area contributed by atoms with E-state index in [1.54, 1.807) is 0 Å². The molecule has 2 aromatic rings. The molecule has 22 heavy (non-hydrogen) atoms. The van der Waals surface area contributed by atoms with Crippen LogP contribution in [0.2, 0.25) is 0 Å². The van der Waals surface area contributed by atoms with E-state index in [1.165, 1.54) is 0 Å². The number of nitrogens with zero attached hydrogens (tertiary/aromatic N) is 1. The van der Waals surface area contributed by atoms with Crippen molar-refractivity contribution in [2.24, 2.45) is 0 Å². The first-order chi connectivity index (χ1) is 10.4. The van der Waals surface area contributed by atoms with E-state index in [4.69, 9.17) is 0 Å². The van der Waals surface area contributed by atoms with Crippen LogP contribution in [0.4, 0.5) is 5.69 Å². The molecular formula is C15H13BrN2O4. The van der Waals surface area contributed by atoms with Gasteiger partial charge in [-0.1, -0.05) is 29.8 Å². The van der Waals surface area contributed by atoms with Crippen LogP contribution in [0.3, 0.4) is 0 Å². The van der Waals surface area contributed by atoms with Crippen molar-refractivity contribution in [3.8, 4) is 5.75 Å². The van der Waals surface area contributed by atoms with Gasteiger partial charge in [0.25, 0.3) is 11.6 Å². The monoisotopic (exact) mass is 364 g/mol. The quantitative estimate of drug-likeness (QED) is 0.642. The SMILES string of the molecule is Cc1ccc(CNC(=O)c2cc(O)c(Br)cc2[N+](=O)[O-])cc1. The summed E-state index contributed by atoms with van der Waals surface area (Å²) in [5, 5.41) is 23.3. The number of aromatic hydroxyl groups is 1. The van der Waals surface area contributed by atoms with Crippen molar-refractivity contribution in [3.05, 3.63) is 67.7 Å². The molecule has 114 valence electrons. The van der Waals surface area contributed by atoms with Gasteiger partial charge in [0.2, 0.25) is 0 Å². The summed E-state index contributed by atoms with van der Waals surface area (Å²) in [7, 11) is 0. The maximum absolute atomic E-state index is 12.1. The third kappa shape index (κ3) is 3.62. The molecule has 6 nitrogen and oxygen atoms in total. The van der Waals surface area contributed by atoms with Crippen LogP contribution in [0.1, 0.15) is 21.5 Å². The number of hydrogen-bond acceptors (Lipinski definition) is 4. The number of hydrogen-bond donors (Lipinski definition) is 2. The molecule has 2 N–H and O–H groups in total. The summed E-state index contributed by atoms with van der Waals surface area (Å²) in [6.45, 7) is 2.20. The fourth-order valence-electron chi connectivity index (χ4n) is 1.87. The van der Waals surface area contributed by atoms with Gasteiger partial charge in [-0.25, -0.2) is 0 Å². The number of halogens is 1. The van der Waals surface area contributed by atoms with E-state index < -0.39 is 10.8 Å². The molecule has 0 fully saturated rings. The normalized spacial score (nSPS) is 10.3. The van der Waals surface area contributed by atoms with Crippen LogP contribution in [0.25, 0.3) is 0 Å². The van der Waals surface area contributed by atoms with E-state index in [2.05, 4.69) is 21.2 Å². The highest BCUT2D eigenvalue weighted by atomic mass is 79.9. The number of nitro benzene ring substituents is 1. The minimum absolute atomic E-state index is 0.161. The Balaban J connectivity index is 2.20. The molecule has 2 aromatic carbocycles. The van der Waals surface area contributed by atoms with E-state index in [9.17, 15) is 20.0 Å². The van der Waals surface area contributed by atoms with Crippen LogP contribution in [0, 0.1) is 17.0 Å². The molecule has 1 amide bonds. The fourth-order valence-corrected chi connectivity index (χ4v) is 2.20. The first kappa shape index (κ1) is 16.0. The lowest BCUT2D eigenvalue weighted by molar-refractivity contribution is -0.385. The van der Waals surface area contributed by atoms with E-state index in [0.29, 0.717) is 0 Å². The van der Waals surface area contributed by atoms with Crippen molar-refractivity contribution in [3.63, 3.8) is 0 Å². The smallest absolute Gasteiger partial charge is 0.283 e. The molecule has 0 aliphatic carbocycles. The van der Waals surface area contributed by atoms with Gasteiger partial charge in [-0.2, -0.15) is 0 Å². The molecule has 0 aromatic heterocycles. The second-order valence-corrected chi connectivity index (χ2v) is 5.60. The number of aryl methyl sites for hydroxylation is 1. The Bertz CT molecular complexity index is 729. The van der Waals surface area contributed by atoms with Gasteiger partial charge in [-0.15, -0.1) is 0 Å². The van der Waals surface area contributed by atoms with E-state index in [-0.39, 0.29) is 28.0 Å². The summed E-state index contributed by atoms with van der Waals surface area (Å²) in [5.74, 6) is -0.846. The average molecular weight is 365 g/mol. The van der Waals surface area contributed by atoms with Crippen molar-refractivity contribution in [2.75, 3.05) is 0 Å². The van der Waals surface area contributed by atoms with Crippen molar-refractivity contribution in [1.82, 2.24) is 5.32 Å². The van der Waals surface area contributed by atoms with Gasteiger partial charge in [-0.3, -0.25) is 14.9 Å².